The molecule has 0 spiro atoms. The van der Waals surface area contributed by atoms with Gasteiger partial charge in [0.1, 0.15) is 0 Å². The third-order valence-electron chi connectivity index (χ3n) is 7.48. The van der Waals surface area contributed by atoms with Crippen LogP contribution in [0.3, 0.4) is 0 Å². The van der Waals surface area contributed by atoms with Crippen LogP contribution in [0.1, 0.15) is 79.1 Å². The fourth-order valence-electron chi connectivity index (χ4n) is 6.58. The van der Waals surface area contributed by atoms with Crippen molar-refractivity contribution >= 4 is 5.97 Å². The van der Waals surface area contributed by atoms with Crippen molar-refractivity contribution in [2.75, 3.05) is 6.61 Å². The highest BCUT2D eigenvalue weighted by molar-refractivity contribution is 5.82. The molecule has 0 aromatic heterocycles. The summed E-state index contributed by atoms with van der Waals surface area (Å²) in [5, 5.41) is 11.5. The van der Waals surface area contributed by atoms with E-state index in [0.29, 0.717) is 30.3 Å². The number of esters is 1. The average Bonchev–Trinajstić information content (AvgIpc) is 2.45. The normalized spacial score (nSPS) is 43.0. The molecule has 0 aliphatic heterocycles. The summed E-state index contributed by atoms with van der Waals surface area (Å²) < 4.78 is 5.05. The summed E-state index contributed by atoms with van der Waals surface area (Å²) in [5.41, 5.74) is 1.07. The third-order valence-corrected chi connectivity index (χ3v) is 7.48. The molecule has 24 heavy (non-hydrogen) atoms. The van der Waals surface area contributed by atoms with E-state index in [4.69, 9.17) is 4.74 Å². The van der Waals surface area contributed by atoms with Crippen LogP contribution in [0.5, 0.6) is 0 Å². The number of hydrogen-bond donors (Lipinski definition) is 1. The van der Waals surface area contributed by atoms with Crippen molar-refractivity contribution in [3.8, 4) is 0 Å². The Kier molecular flexibility index (Phi) is 4.61. The number of rotatable bonds is 2. The van der Waals surface area contributed by atoms with Crippen LogP contribution in [0.4, 0.5) is 0 Å². The molecule has 0 aromatic carbocycles. The standard InChI is InChI=1S/C21H34O3/c1-5-24-18(22)13-15-7-8-17-20(4)11-6-10-19(2,3)16(20)9-12-21(17,23)14-15/h13,16-17,23H,5-12,14H2,1-4H3/b15-13+/t16-,17+,20-,21+/m0/s1. The third kappa shape index (κ3) is 2.94. The second-order valence-corrected chi connectivity index (χ2v) is 9.37. The Morgan fingerprint density at radius 1 is 1.21 bits per heavy atom. The molecule has 0 amide bonds. The van der Waals surface area contributed by atoms with Gasteiger partial charge in [0, 0.05) is 6.08 Å². The summed E-state index contributed by atoms with van der Waals surface area (Å²) in [6, 6.07) is 0. The quantitative estimate of drug-likeness (QED) is 0.591. The van der Waals surface area contributed by atoms with E-state index in [0.717, 1.165) is 31.3 Å². The van der Waals surface area contributed by atoms with Gasteiger partial charge in [-0.05, 0) is 74.5 Å². The largest absolute Gasteiger partial charge is 0.463 e. The molecule has 0 bridgehead atoms. The summed E-state index contributed by atoms with van der Waals surface area (Å²) in [5.74, 6) is 0.815. The molecular weight excluding hydrogens is 300 g/mol. The Morgan fingerprint density at radius 3 is 2.67 bits per heavy atom. The van der Waals surface area contributed by atoms with Gasteiger partial charge in [0.05, 0.1) is 12.2 Å². The van der Waals surface area contributed by atoms with E-state index in [-0.39, 0.29) is 11.4 Å². The first-order chi connectivity index (χ1) is 11.2. The van der Waals surface area contributed by atoms with Crippen LogP contribution in [0.25, 0.3) is 0 Å². The number of aliphatic hydroxyl groups is 1. The minimum absolute atomic E-state index is 0.240. The van der Waals surface area contributed by atoms with E-state index in [2.05, 4.69) is 20.8 Å². The summed E-state index contributed by atoms with van der Waals surface area (Å²) in [7, 11) is 0. The molecule has 3 saturated carbocycles. The lowest BCUT2D eigenvalue weighted by Gasteiger charge is -2.63. The zero-order valence-corrected chi connectivity index (χ0v) is 15.9. The van der Waals surface area contributed by atoms with Gasteiger partial charge in [-0.1, -0.05) is 32.8 Å². The molecular formula is C21H34O3. The van der Waals surface area contributed by atoms with Crippen LogP contribution in [-0.2, 0) is 9.53 Å². The Morgan fingerprint density at radius 2 is 1.96 bits per heavy atom. The van der Waals surface area contributed by atoms with Gasteiger partial charge in [0.2, 0.25) is 0 Å². The molecule has 3 heteroatoms. The Bertz CT molecular complexity index is 535. The van der Waals surface area contributed by atoms with Gasteiger partial charge in [-0.2, -0.15) is 0 Å². The summed E-state index contributed by atoms with van der Waals surface area (Å²) in [6.07, 6.45) is 10.0. The lowest BCUT2D eigenvalue weighted by atomic mass is 9.43. The molecule has 136 valence electrons. The average molecular weight is 335 g/mol. The second kappa shape index (κ2) is 6.16. The molecule has 3 nitrogen and oxygen atoms in total. The maximum absolute atomic E-state index is 11.8. The lowest BCUT2D eigenvalue weighted by molar-refractivity contribution is -0.182. The highest BCUT2D eigenvalue weighted by Crippen LogP contribution is 2.65. The van der Waals surface area contributed by atoms with Crippen LogP contribution in [0.15, 0.2) is 11.6 Å². The molecule has 3 fully saturated rings. The first-order valence-corrected chi connectivity index (χ1v) is 9.80. The van der Waals surface area contributed by atoms with Gasteiger partial charge >= 0.3 is 5.97 Å². The SMILES string of the molecule is CCOC(=O)/C=C1\CC[C@H]2[C@@](O)(CC[C@H]3C(C)(C)CCC[C@@]32C)C1. The first-order valence-electron chi connectivity index (χ1n) is 9.80. The maximum atomic E-state index is 11.8. The van der Waals surface area contributed by atoms with E-state index < -0.39 is 5.60 Å². The number of carbonyl (C=O) groups excluding carboxylic acids is 1. The van der Waals surface area contributed by atoms with Crippen LogP contribution in [0.2, 0.25) is 0 Å². The maximum Gasteiger partial charge on any atom is 0.330 e. The Balaban J connectivity index is 1.83. The fraction of sp³-hybridized carbons (Fsp3) is 0.857. The van der Waals surface area contributed by atoms with E-state index in [1.165, 1.54) is 19.3 Å². The van der Waals surface area contributed by atoms with Crippen molar-refractivity contribution in [3.63, 3.8) is 0 Å². The molecule has 0 radical (unpaired) electrons. The molecule has 3 aliphatic carbocycles. The predicted octanol–water partition coefficient (Wildman–Crippen LogP) is 4.63. The molecule has 3 aliphatic rings. The van der Waals surface area contributed by atoms with Gasteiger partial charge in [-0.15, -0.1) is 0 Å². The van der Waals surface area contributed by atoms with Crippen molar-refractivity contribution in [1.82, 2.24) is 0 Å². The zero-order valence-electron chi connectivity index (χ0n) is 15.9. The Labute approximate surface area is 146 Å². The fourth-order valence-corrected chi connectivity index (χ4v) is 6.58. The van der Waals surface area contributed by atoms with Gasteiger partial charge in [-0.3, -0.25) is 0 Å². The topological polar surface area (TPSA) is 46.5 Å². The zero-order chi connectivity index (χ0) is 17.6. The van der Waals surface area contributed by atoms with E-state index in [1.54, 1.807) is 6.08 Å². The van der Waals surface area contributed by atoms with Crippen LogP contribution >= 0.6 is 0 Å². The van der Waals surface area contributed by atoms with Crippen molar-refractivity contribution < 1.29 is 14.6 Å². The summed E-state index contributed by atoms with van der Waals surface area (Å²) in [4.78, 5) is 11.8. The predicted molar refractivity (Wildman–Crippen MR) is 95.5 cm³/mol. The van der Waals surface area contributed by atoms with Gasteiger partial charge in [-0.25, -0.2) is 4.79 Å². The van der Waals surface area contributed by atoms with Crippen molar-refractivity contribution in [1.29, 1.82) is 0 Å². The monoisotopic (exact) mass is 334 g/mol. The molecule has 0 heterocycles. The molecule has 1 N–H and O–H groups in total. The van der Waals surface area contributed by atoms with Crippen LogP contribution in [-0.4, -0.2) is 23.3 Å². The molecule has 0 saturated heterocycles. The number of carbonyl (C=O) groups is 1. The number of fused-ring (bicyclic) bond motifs is 3. The lowest BCUT2D eigenvalue weighted by Crippen LogP contribution is -2.59. The van der Waals surface area contributed by atoms with E-state index >= 15 is 0 Å². The first kappa shape index (κ1) is 18.0. The highest BCUT2D eigenvalue weighted by Gasteiger charge is 2.60. The van der Waals surface area contributed by atoms with Crippen molar-refractivity contribution in [2.24, 2.45) is 22.7 Å². The summed E-state index contributed by atoms with van der Waals surface area (Å²) in [6.45, 7) is 9.52. The number of ether oxygens (including phenoxy) is 1. The van der Waals surface area contributed by atoms with Crippen LogP contribution in [0, 0.1) is 22.7 Å². The molecule has 4 atom stereocenters. The highest BCUT2D eigenvalue weighted by atomic mass is 16.5. The molecule has 3 rings (SSSR count). The smallest absolute Gasteiger partial charge is 0.330 e. The van der Waals surface area contributed by atoms with Crippen molar-refractivity contribution in [2.45, 2.75) is 84.7 Å². The minimum Gasteiger partial charge on any atom is -0.463 e. The Hall–Kier alpha value is -0.830. The van der Waals surface area contributed by atoms with Gasteiger partial charge in [0.25, 0.3) is 0 Å². The van der Waals surface area contributed by atoms with Gasteiger partial charge < -0.3 is 9.84 Å². The molecule has 0 aromatic rings. The van der Waals surface area contributed by atoms with Crippen LogP contribution < -0.4 is 0 Å². The van der Waals surface area contributed by atoms with E-state index in [1.807, 2.05) is 6.92 Å². The van der Waals surface area contributed by atoms with Gasteiger partial charge in [0.15, 0.2) is 0 Å². The second-order valence-electron chi connectivity index (χ2n) is 9.37. The summed E-state index contributed by atoms with van der Waals surface area (Å²) >= 11 is 0. The molecule has 0 unspecified atom stereocenters. The number of hydrogen-bond acceptors (Lipinski definition) is 3. The minimum atomic E-state index is -0.630. The van der Waals surface area contributed by atoms with E-state index in [9.17, 15) is 9.90 Å². The van der Waals surface area contributed by atoms with Crippen molar-refractivity contribution in [3.05, 3.63) is 11.6 Å².